The van der Waals surface area contributed by atoms with E-state index in [9.17, 15) is 30.8 Å². The van der Waals surface area contributed by atoms with Crippen molar-refractivity contribution in [3.63, 3.8) is 0 Å². The predicted octanol–water partition coefficient (Wildman–Crippen LogP) is 2.44. The van der Waals surface area contributed by atoms with E-state index in [-0.39, 0.29) is 0 Å². The molecule has 0 N–H and O–H groups in total. The lowest BCUT2D eigenvalue weighted by atomic mass is 10.0. The number of hydrogen-bond acceptors (Lipinski definition) is 1. The van der Waals surface area contributed by atoms with Crippen LogP contribution in [0.5, 0.6) is 0 Å². The first-order chi connectivity index (χ1) is 5.63. The molecular formula is C5H4F7N. The molecule has 13 heavy (non-hydrogen) atoms. The van der Waals surface area contributed by atoms with Gasteiger partial charge in [0, 0.05) is 13.0 Å². The summed E-state index contributed by atoms with van der Waals surface area (Å²) in [5, 5.41) is -1.57. The van der Waals surface area contributed by atoms with Gasteiger partial charge in [0.05, 0.1) is 0 Å². The summed E-state index contributed by atoms with van der Waals surface area (Å²) in [6, 6.07) is -5.45. The summed E-state index contributed by atoms with van der Waals surface area (Å²) in [6.45, 7) is -1.42. The van der Waals surface area contributed by atoms with Gasteiger partial charge in [0.1, 0.15) is 0 Å². The molecule has 0 aliphatic carbocycles. The number of halogens is 7. The standard InChI is InChI=1S/C5H4F7N/c6-3(7)1-2-13(12)5(10,11)4(3,8)9/h1-2H2. The fourth-order valence-corrected chi connectivity index (χ4v) is 0.908. The van der Waals surface area contributed by atoms with Crippen LogP contribution in [0.3, 0.4) is 0 Å². The van der Waals surface area contributed by atoms with Crippen molar-refractivity contribution in [3.05, 3.63) is 0 Å². The predicted molar refractivity (Wildman–Crippen MR) is 27.3 cm³/mol. The summed E-state index contributed by atoms with van der Waals surface area (Å²) < 4.78 is 85.4. The fourth-order valence-electron chi connectivity index (χ4n) is 0.908. The molecule has 1 rings (SSSR count). The van der Waals surface area contributed by atoms with E-state index in [1.807, 2.05) is 0 Å². The van der Waals surface area contributed by atoms with Crippen LogP contribution in [0, 0.1) is 0 Å². The van der Waals surface area contributed by atoms with Crippen molar-refractivity contribution in [1.29, 1.82) is 0 Å². The van der Waals surface area contributed by atoms with Crippen LogP contribution < -0.4 is 0 Å². The van der Waals surface area contributed by atoms with E-state index >= 15 is 0 Å². The van der Waals surface area contributed by atoms with Crippen molar-refractivity contribution in [3.8, 4) is 0 Å². The summed E-state index contributed by atoms with van der Waals surface area (Å²) in [4.78, 5) is 0. The highest BCUT2D eigenvalue weighted by molar-refractivity contribution is 4.98. The van der Waals surface area contributed by atoms with Gasteiger partial charge in [-0.3, -0.25) is 0 Å². The van der Waals surface area contributed by atoms with Crippen molar-refractivity contribution in [2.24, 2.45) is 0 Å². The molecular weight excluding hydrogens is 207 g/mol. The Labute approximate surface area is 68.0 Å². The molecule has 0 atom stereocenters. The average molecular weight is 211 g/mol. The monoisotopic (exact) mass is 211 g/mol. The van der Waals surface area contributed by atoms with Crippen LogP contribution in [-0.4, -0.2) is 29.6 Å². The highest BCUT2D eigenvalue weighted by atomic mass is 19.4. The molecule has 0 bridgehead atoms. The van der Waals surface area contributed by atoms with Gasteiger partial charge in [-0.2, -0.15) is 26.3 Å². The molecule has 1 aliphatic rings. The lowest BCUT2D eigenvalue weighted by molar-refractivity contribution is -0.410. The van der Waals surface area contributed by atoms with Gasteiger partial charge < -0.3 is 0 Å². The number of piperidine rings is 1. The second kappa shape index (κ2) is 2.49. The third-order valence-corrected chi connectivity index (χ3v) is 1.76. The smallest absolute Gasteiger partial charge is 0.200 e. The van der Waals surface area contributed by atoms with Crippen molar-refractivity contribution < 1.29 is 30.8 Å². The largest absolute Gasteiger partial charge is 0.398 e. The normalized spacial score (nSPS) is 31.6. The zero-order valence-corrected chi connectivity index (χ0v) is 6.01. The van der Waals surface area contributed by atoms with Gasteiger partial charge in [-0.05, 0) is 0 Å². The molecule has 0 amide bonds. The minimum atomic E-state index is -5.67. The maximum Gasteiger partial charge on any atom is 0.398 e. The van der Waals surface area contributed by atoms with E-state index in [0.717, 1.165) is 0 Å². The molecule has 0 spiro atoms. The first-order valence-electron chi connectivity index (χ1n) is 3.20. The first-order valence-corrected chi connectivity index (χ1v) is 3.20. The summed E-state index contributed by atoms with van der Waals surface area (Å²) in [5.41, 5.74) is 0. The Morgan fingerprint density at radius 1 is 0.923 bits per heavy atom. The first kappa shape index (κ1) is 10.6. The van der Waals surface area contributed by atoms with Gasteiger partial charge in [-0.15, -0.1) is 4.48 Å². The van der Waals surface area contributed by atoms with Gasteiger partial charge in [0.25, 0.3) is 0 Å². The maximum absolute atomic E-state index is 12.2. The fraction of sp³-hybridized carbons (Fsp3) is 1.00. The van der Waals surface area contributed by atoms with Crippen LogP contribution in [0.1, 0.15) is 6.42 Å². The minimum Gasteiger partial charge on any atom is -0.200 e. The molecule has 1 fully saturated rings. The number of hydrogen-bond donors (Lipinski definition) is 0. The number of rotatable bonds is 0. The van der Waals surface area contributed by atoms with Crippen molar-refractivity contribution in [2.45, 2.75) is 24.3 Å². The molecule has 1 nitrogen and oxygen atoms in total. The summed E-state index contributed by atoms with van der Waals surface area (Å²) in [5.74, 6) is -10.5. The molecule has 0 aromatic rings. The second-order valence-electron chi connectivity index (χ2n) is 2.66. The summed E-state index contributed by atoms with van der Waals surface area (Å²) in [7, 11) is 0. The van der Waals surface area contributed by atoms with E-state index in [2.05, 4.69) is 0 Å². The molecule has 1 heterocycles. The summed E-state index contributed by atoms with van der Waals surface area (Å²) >= 11 is 0. The average Bonchev–Trinajstić information content (AvgIpc) is 1.97. The molecule has 1 aliphatic heterocycles. The van der Waals surface area contributed by atoms with Gasteiger partial charge >= 0.3 is 17.9 Å². The van der Waals surface area contributed by atoms with E-state index in [1.54, 1.807) is 0 Å². The minimum absolute atomic E-state index is 1.42. The van der Waals surface area contributed by atoms with E-state index in [4.69, 9.17) is 0 Å². The Morgan fingerprint density at radius 3 is 1.77 bits per heavy atom. The van der Waals surface area contributed by atoms with Crippen LogP contribution in [0.15, 0.2) is 0 Å². The van der Waals surface area contributed by atoms with Crippen molar-refractivity contribution >= 4 is 0 Å². The van der Waals surface area contributed by atoms with Gasteiger partial charge in [-0.1, -0.05) is 5.12 Å². The van der Waals surface area contributed by atoms with E-state index < -0.39 is 36.0 Å². The highest BCUT2D eigenvalue weighted by Crippen LogP contribution is 2.52. The Kier molecular flexibility index (Phi) is 2.02. The Morgan fingerprint density at radius 2 is 1.38 bits per heavy atom. The topological polar surface area (TPSA) is 3.24 Å². The van der Waals surface area contributed by atoms with Crippen molar-refractivity contribution in [1.82, 2.24) is 5.12 Å². The molecule has 0 aromatic carbocycles. The van der Waals surface area contributed by atoms with Crippen LogP contribution in [0.4, 0.5) is 30.8 Å². The van der Waals surface area contributed by atoms with E-state index in [1.165, 1.54) is 0 Å². The zero-order chi connectivity index (χ0) is 10.5. The Bertz CT molecular complexity index is 213. The molecule has 0 saturated carbocycles. The van der Waals surface area contributed by atoms with Crippen LogP contribution in [0.2, 0.25) is 0 Å². The van der Waals surface area contributed by atoms with Crippen LogP contribution in [0.25, 0.3) is 0 Å². The van der Waals surface area contributed by atoms with Crippen LogP contribution in [-0.2, 0) is 0 Å². The van der Waals surface area contributed by atoms with Gasteiger partial charge in [0.15, 0.2) is 0 Å². The molecule has 8 heteroatoms. The second-order valence-corrected chi connectivity index (χ2v) is 2.66. The molecule has 1 saturated heterocycles. The third kappa shape index (κ3) is 1.18. The maximum atomic E-state index is 12.2. The van der Waals surface area contributed by atoms with E-state index in [0.29, 0.717) is 0 Å². The molecule has 0 aromatic heterocycles. The molecule has 0 unspecified atom stereocenters. The van der Waals surface area contributed by atoms with Crippen LogP contribution >= 0.6 is 0 Å². The Balaban J connectivity index is 3.07. The summed E-state index contributed by atoms with van der Waals surface area (Å²) in [6.07, 6.45) is -1.63. The van der Waals surface area contributed by atoms with Gasteiger partial charge in [-0.25, -0.2) is 0 Å². The quantitative estimate of drug-likeness (QED) is 0.338. The SMILES string of the molecule is FN1CCC(F)(F)C(F)(F)C1(F)F. The van der Waals surface area contributed by atoms with Crippen molar-refractivity contribution in [2.75, 3.05) is 6.54 Å². The van der Waals surface area contributed by atoms with Gasteiger partial charge in [0.2, 0.25) is 0 Å². The lowest BCUT2D eigenvalue weighted by Crippen LogP contribution is -2.64. The lowest BCUT2D eigenvalue weighted by Gasteiger charge is -2.39. The number of alkyl halides is 6. The number of nitrogens with zero attached hydrogens (tertiary/aromatic N) is 1. The third-order valence-electron chi connectivity index (χ3n) is 1.76. The highest BCUT2D eigenvalue weighted by Gasteiger charge is 2.76. The Hall–Kier alpha value is -0.530. The molecule has 0 radical (unpaired) electrons. The molecule has 78 valence electrons. The zero-order valence-electron chi connectivity index (χ0n) is 6.01.